The van der Waals surface area contributed by atoms with Crippen molar-refractivity contribution in [3.05, 3.63) is 60.1 Å². The van der Waals surface area contributed by atoms with Gasteiger partial charge in [0.2, 0.25) is 0 Å². The maximum atomic E-state index is 13.2. The highest BCUT2D eigenvalue weighted by molar-refractivity contribution is 5.46. The van der Waals surface area contributed by atoms with Gasteiger partial charge in [-0.25, -0.2) is 9.07 Å². The summed E-state index contributed by atoms with van der Waals surface area (Å²) < 4.78 is 20.5. The molecule has 0 unspecified atom stereocenters. The van der Waals surface area contributed by atoms with Crippen LogP contribution in [0, 0.1) is 11.7 Å². The Morgan fingerprint density at radius 3 is 2.48 bits per heavy atom. The largest absolute Gasteiger partial charge is 0.467 e. The molecule has 7 nitrogen and oxygen atoms in total. The third-order valence-electron chi connectivity index (χ3n) is 5.38. The van der Waals surface area contributed by atoms with Crippen LogP contribution in [0.4, 0.5) is 10.1 Å². The fraction of sp³-hybridized carbons (Fsp3) is 0.476. The first-order chi connectivity index (χ1) is 14.1. The number of piperazine rings is 1. The number of hydrogen-bond donors (Lipinski definition) is 0. The van der Waals surface area contributed by atoms with Gasteiger partial charge in [0.15, 0.2) is 5.82 Å². The second-order valence-corrected chi connectivity index (χ2v) is 7.92. The lowest BCUT2D eigenvalue weighted by atomic mass is 10.0. The van der Waals surface area contributed by atoms with E-state index in [2.05, 4.69) is 39.2 Å². The van der Waals surface area contributed by atoms with E-state index in [1.165, 1.54) is 12.1 Å². The van der Waals surface area contributed by atoms with Crippen molar-refractivity contribution in [3.63, 3.8) is 0 Å². The normalized spacial score (nSPS) is 16.5. The zero-order valence-electron chi connectivity index (χ0n) is 16.9. The van der Waals surface area contributed by atoms with Gasteiger partial charge in [-0.15, -0.1) is 5.10 Å². The van der Waals surface area contributed by atoms with E-state index < -0.39 is 0 Å². The van der Waals surface area contributed by atoms with Crippen molar-refractivity contribution in [3.8, 4) is 0 Å². The first-order valence-electron chi connectivity index (χ1n) is 10.1. The Labute approximate surface area is 170 Å². The van der Waals surface area contributed by atoms with E-state index >= 15 is 0 Å². The van der Waals surface area contributed by atoms with Gasteiger partial charge in [0.05, 0.1) is 12.3 Å². The van der Waals surface area contributed by atoms with Crippen LogP contribution >= 0.6 is 0 Å². The summed E-state index contributed by atoms with van der Waals surface area (Å²) in [5, 5.41) is 12.5. The Morgan fingerprint density at radius 2 is 1.83 bits per heavy atom. The molecule has 154 valence electrons. The van der Waals surface area contributed by atoms with E-state index in [0.29, 0.717) is 12.5 Å². The number of halogens is 1. The molecule has 3 aromatic rings. The molecule has 1 fully saturated rings. The molecular weight excluding hydrogens is 371 g/mol. The zero-order valence-corrected chi connectivity index (χ0v) is 16.9. The van der Waals surface area contributed by atoms with Crippen LogP contribution in [-0.2, 0) is 6.54 Å². The second-order valence-electron chi connectivity index (χ2n) is 7.92. The molecule has 29 heavy (non-hydrogen) atoms. The first kappa shape index (κ1) is 19.6. The molecule has 1 aliphatic heterocycles. The molecular formula is C21H27FN6O. The van der Waals surface area contributed by atoms with Gasteiger partial charge in [-0.1, -0.05) is 13.8 Å². The predicted octanol–water partition coefficient (Wildman–Crippen LogP) is 3.36. The summed E-state index contributed by atoms with van der Waals surface area (Å²) in [6, 6.07) is 10.7. The van der Waals surface area contributed by atoms with E-state index in [4.69, 9.17) is 4.42 Å². The number of tetrazole rings is 1. The molecule has 0 spiro atoms. The van der Waals surface area contributed by atoms with Crippen LogP contribution < -0.4 is 4.90 Å². The quantitative estimate of drug-likeness (QED) is 0.608. The predicted molar refractivity (Wildman–Crippen MR) is 108 cm³/mol. The third kappa shape index (κ3) is 4.64. The molecule has 4 rings (SSSR count). The Balaban J connectivity index is 1.48. The van der Waals surface area contributed by atoms with Gasteiger partial charge < -0.3 is 9.32 Å². The minimum Gasteiger partial charge on any atom is -0.467 e. The molecule has 2 aromatic heterocycles. The topological polar surface area (TPSA) is 63.2 Å². The fourth-order valence-corrected chi connectivity index (χ4v) is 3.92. The average Bonchev–Trinajstić information content (AvgIpc) is 3.39. The SMILES string of the molecule is CC(C)C[C@@H](c1nnnn1Cc1ccco1)N1CCN(c2ccc(F)cc2)CC1. The maximum Gasteiger partial charge on any atom is 0.168 e. The molecule has 3 heterocycles. The molecule has 1 aromatic carbocycles. The molecule has 0 radical (unpaired) electrons. The van der Waals surface area contributed by atoms with Crippen molar-refractivity contribution < 1.29 is 8.81 Å². The Kier molecular flexibility index (Phi) is 5.89. The molecule has 1 atom stereocenters. The lowest BCUT2D eigenvalue weighted by Gasteiger charge is -2.40. The molecule has 0 aliphatic carbocycles. The van der Waals surface area contributed by atoms with E-state index in [1.807, 2.05) is 28.9 Å². The van der Waals surface area contributed by atoms with Gasteiger partial charge in [-0.3, -0.25) is 4.90 Å². The van der Waals surface area contributed by atoms with Crippen LogP contribution in [0.5, 0.6) is 0 Å². The van der Waals surface area contributed by atoms with E-state index in [1.54, 1.807) is 6.26 Å². The van der Waals surface area contributed by atoms with Crippen LogP contribution in [0.25, 0.3) is 0 Å². The van der Waals surface area contributed by atoms with Crippen LogP contribution in [-0.4, -0.2) is 51.3 Å². The second kappa shape index (κ2) is 8.73. The van der Waals surface area contributed by atoms with Crippen molar-refractivity contribution in [2.75, 3.05) is 31.1 Å². The molecule has 0 amide bonds. The van der Waals surface area contributed by atoms with Crippen molar-refractivity contribution in [1.82, 2.24) is 25.1 Å². The van der Waals surface area contributed by atoms with Gasteiger partial charge in [0, 0.05) is 31.9 Å². The van der Waals surface area contributed by atoms with Gasteiger partial charge in [0.25, 0.3) is 0 Å². The number of benzene rings is 1. The Bertz CT molecular complexity index is 884. The first-order valence-corrected chi connectivity index (χ1v) is 10.1. The van der Waals surface area contributed by atoms with Gasteiger partial charge in [-0.05, 0) is 59.2 Å². The number of anilines is 1. The molecule has 1 saturated heterocycles. The van der Waals surface area contributed by atoms with Crippen molar-refractivity contribution >= 4 is 5.69 Å². The van der Waals surface area contributed by atoms with Crippen molar-refractivity contribution in [1.29, 1.82) is 0 Å². The summed E-state index contributed by atoms with van der Waals surface area (Å²) in [6.07, 6.45) is 2.65. The Hall–Kier alpha value is -2.74. The number of aromatic nitrogens is 4. The van der Waals surface area contributed by atoms with Gasteiger partial charge in [0.1, 0.15) is 18.1 Å². The van der Waals surface area contributed by atoms with Crippen LogP contribution in [0.15, 0.2) is 47.1 Å². The zero-order chi connectivity index (χ0) is 20.2. The number of rotatable bonds is 7. The van der Waals surface area contributed by atoms with E-state index in [9.17, 15) is 4.39 Å². The number of hydrogen-bond acceptors (Lipinski definition) is 6. The van der Waals surface area contributed by atoms with Crippen molar-refractivity contribution in [2.45, 2.75) is 32.9 Å². The summed E-state index contributed by atoms with van der Waals surface area (Å²) in [5.41, 5.74) is 1.06. The third-order valence-corrected chi connectivity index (χ3v) is 5.38. The monoisotopic (exact) mass is 398 g/mol. The van der Waals surface area contributed by atoms with Crippen LogP contribution in [0.3, 0.4) is 0 Å². The van der Waals surface area contributed by atoms with E-state index in [0.717, 1.165) is 49.9 Å². The molecule has 0 bridgehead atoms. The number of nitrogens with zero attached hydrogens (tertiary/aromatic N) is 6. The minimum absolute atomic E-state index is 0.148. The fourth-order valence-electron chi connectivity index (χ4n) is 3.92. The molecule has 0 saturated carbocycles. The lowest BCUT2D eigenvalue weighted by Crippen LogP contribution is -2.48. The van der Waals surface area contributed by atoms with E-state index in [-0.39, 0.29) is 11.9 Å². The highest BCUT2D eigenvalue weighted by atomic mass is 19.1. The Morgan fingerprint density at radius 1 is 1.07 bits per heavy atom. The number of furan rings is 1. The lowest BCUT2D eigenvalue weighted by molar-refractivity contribution is 0.153. The summed E-state index contributed by atoms with van der Waals surface area (Å²) in [4.78, 5) is 4.76. The summed E-state index contributed by atoms with van der Waals surface area (Å²) >= 11 is 0. The standard InChI is InChI=1S/C21H27FN6O/c1-16(2)14-20(21-23-24-25-28(21)15-19-4-3-13-29-19)27-11-9-26(10-12-27)18-7-5-17(22)6-8-18/h3-8,13,16,20H,9-12,14-15H2,1-2H3/t20-/m0/s1. The summed E-state index contributed by atoms with van der Waals surface area (Å²) in [7, 11) is 0. The van der Waals surface area contributed by atoms with Gasteiger partial charge in [-0.2, -0.15) is 0 Å². The highest BCUT2D eigenvalue weighted by Gasteiger charge is 2.30. The van der Waals surface area contributed by atoms with Gasteiger partial charge >= 0.3 is 0 Å². The minimum atomic E-state index is -0.201. The van der Waals surface area contributed by atoms with Crippen LogP contribution in [0.1, 0.15) is 37.9 Å². The average molecular weight is 398 g/mol. The highest BCUT2D eigenvalue weighted by Crippen LogP contribution is 2.28. The summed E-state index contributed by atoms with van der Waals surface area (Å²) in [6.45, 7) is 8.56. The molecule has 8 heteroatoms. The van der Waals surface area contributed by atoms with Crippen LogP contribution in [0.2, 0.25) is 0 Å². The maximum absolute atomic E-state index is 13.2. The smallest absolute Gasteiger partial charge is 0.168 e. The molecule has 0 N–H and O–H groups in total. The summed E-state index contributed by atoms with van der Waals surface area (Å²) in [5.74, 6) is 2.03. The molecule has 1 aliphatic rings. The van der Waals surface area contributed by atoms with Crippen molar-refractivity contribution in [2.24, 2.45) is 5.92 Å².